The van der Waals surface area contributed by atoms with Crippen LogP contribution >= 0.6 is 0 Å². The summed E-state index contributed by atoms with van der Waals surface area (Å²) in [7, 11) is 0. The van der Waals surface area contributed by atoms with E-state index in [-0.39, 0.29) is 5.97 Å². The molecular formula is C12H23NO2. The summed E-state index contributed by atoms with van der Waals surface area (Å²) in [5.41, 5.74) is 0.434. The first kappa shape index (κ1) is 12.5. The number of hydrogen-bond donors (Lipinski definition) is 0. The molecule has 3 nitrogen and oxygen atoms in total. The third-order valence-electron chi connectivity index (χ3n) is 3.09. The molecule has 3 heteroatoms. The maximum atomic E-state index is 11.3. The monoisotopic (exact) mass is 213 g/mol. The van der Waals surface area contributed by atoms with Crippen LogP contribution in [0.25, 0.3) is 0 Å². The highest BCUT2D eigenvalue weighted by atomic mass is 16.5. The van der Waals surface area contributed by atoms with Crippen molar-refractivity contribution in [2.45, 2.75) is 40.0 Å². The van der Waals surface area contributed by atoms with Crippen molar-refractivity contribution in [3.8, 4) is 0 Å². The maximum absolute atomic E-state index is 11.3. The van der Waals surface area contributed by atoms with Crippen LogP contribution in [0.4, 0.5) is 0 Å². The molecular weight excluding hydrogens is 190 g/mol. The van der Waals surface area contributed by atoms with Crippen LogP contribution in [0.3, 0.4) is 0 Å². The van der Waals surface area contributed by atoms with Crippen LogP contribution in [0.1, 0.15) is 40.0 Å². The second-order valence-corrected chi connectivity index (χ2v) is 5.10. The SMILES string of the molecule is CCOC(=O)CN1CCCC(C)(C)CC1. The summed E-state index contributed by atoms with van der Waals surface area (Å²) in [6, 6.07) is 0. The first-order valence-corrected chi connectivity index (χ1v) is 5.91. The molecule has 0 unspecified atom stereocenters. The van der Waals surface area contributed by atoms with Crippen molar-refractivity contribution in [3.63, 3.8) is 0 Å². The quantitative estimate of drug-likeness (QED) is 0.672. The molecule has 1 aliphatic rings. The van der Waals surface area contributed by atoms with E-state index in [1.807, 2.05) is 6.92 Å². The normalized spacial score (nSPS) is 22.1. The van der Waals surface area contributed by atoms with Gasteiger partial charge in [-0.15, -0.1) is 0 Å². The Labute approximate surface area is 92.8 Å². The summed E-state index contributed by atoms with van der Waals surface area (Å²) in [5.74, 6) is -0.0859. The van der Waals surface area contributed by atoms with Gasteiger partial charge in [0.2, 0.25) is 0 Å². The van der Waals surface area contributed by atoms with Gasteiger partial charge < -0.3 is 4.74 Å². The second-order valence-electron chi connectivity index (χ2n) is 5.10. The van der Waals surface area contributed by atoms with E-state index in [4.69, 9.17) is 4.74 Å². The fourth-order valence-electron chi connectivity index (χ4n) is 2.03. The summed E-state index contributed by atoms with van der Waals surface area (Å²) < 4.78 is 4.96. The van der Waals surface area contributed by atoms with Gasteiger partial charge in [0.15, 0.2) is 0 Å². The van der Waals surface area contributed by atoms with Crippen LogP contribution in [0.2, 0.25) is 0 Å². The van der Waals surface area contributed by atoms with Crippen LogP contribution in [-0.4, -0.2) is 37.1 Å². The molecule has 1 heterocycles. The van der Waals surface area contributed by atoms with E-state index >= 15 is 0 Å². The van der Waals surface area contributed by atoms with E-state index < -0.39 is 0 Å². The van der Waals surface area contributed by atoms with Crippen LogP contribution in [-0.2, 0) is 9.53 Å². The van der Waals surface area contributed by atoms with Gasteiger partial charge in [0, 0.05) is 0 Å². The zero-order valence-corrected chi connectivity index (χ0v) is 10.2. The molecule has 0 aromatic carbocycles. The van der Waals surface area contributed by atoms with Crippen LogP contribution < -0.4 is 0 Å². The average Bonchev–Trinajstić information content (AvgIpc) is 2.28. The predicted octanol–water partition coefficient (Wildman–Crippen LogP) is 2.06. The van der Waals surface area contributed by atoms with Gasteiger partial charge in [-0.25, -0.2) is 0 Å². The molecule has 1 rings (SSSR count). The van der Waals surface area contributed by atoms with E-state index in [0.717, 1.165) is 13.1 Å². The summed E-state index contributed by atoms with van der Waals surface area (Å²) in [4.78, 5) is 13.5. The van der Waals surface area contributed by atoms with Gasteiger partial charge in [0.25, 0.3) is 0 Å². The van der Waals surface area contributed by atoms with Crippen molar-refractivity contribution >= 4 is 5.97 Å². The van der Waals surface area contributed by atoms with Gasteiger partial charge >= 0.3 is 5.97 Å². The third kappa shape index (κ3) is 4.65. The molecule has 0 aromatic rings. The first-order chi connectivity index (χ1) is 7.03. The van der Waals surface area contributed by atoms with Gasteiger partial charge in [0.1, 0.15) is 0 Å². The van der Waals surface area contributed by atoms with Gasteiger partial charge in [-0.2, -0.15) is 0 Å². The maximum Gasteiger partial charge on any atom is 0.320 e. The molecule has 0 atom stereocenters. The molecule has 1 saturated heterocycles. The molecule has 0 bridgehead atoms. The lowest BCUT2D eigenvalue weighted by atomic mass is 9.85. The Morgan fingerprint density at radius 2 is 2.07 bits per heavy atom. The van der Waals surface area contributed by atoms with Crippen LogP contribution in [0.5, 0.6) is 0 Å². The molecule has 88 valence electrons. The number of esters is 1. The molecule has 0 radical (unpaired) electrons. The standard InChI is InChI=1S/C12H23NO2/c1-4-15-11(14)10-13-8-5-6-12(2,3)7-9-13/h4-10H2,1-3H3. The van der Waals surface area contributed by atoms with Crippen molar-refractivity contribution in [2.75, 3.05) is 26.2 Å². The zero-order chi connectivity index (χ0) is 11.3. The lowest BCUT2D eigenvalue weighted by molar-refractivity contribution is -0.144. The topological polar surface area (TPSA) is 29.5 Å². The Bertz CT molecular complexity index is 214. The van der Waals surface area contributed by atoms with E-state index in [1.165, 1.54) is 19.3 Å². The van der Waals surface area contributed by atoms with Gasteiger partial charge in [-0.1, -0.05) is 13.8 Å². The number of hydrogen-bond acceptors (Lipinski definition) is 3. The summed E-state index contributed by atoms with van der Waals surface area (Å²) in [6.45, 7) is 9.46. The van der Waals surface area contributed by atoms with Gasteiger partial charge in [0.05, 0.1) is 13.2 Å². The minimum absolute atomic E-state index is 0.0859. The Morgan fingerprint density at radius 3 is 2.73 bits per heavy atom. The number of rotatable bonds is 3. The van der Waals surface area contributed by atoms with Gasteiger partial charge in [-0.3, -0.25) is 9.69 Å². The highest BCUT2D eigenvalue weighted by Gasteiger charge is 2.23. The Morgan fingerprint density at radius 1 is 1.33 bits per heavy atom. The Kier molecular flexibility index (Phi) is 4.58. The molecule has 0 aromatic heterocycles. The lowest BCUT2D eigenvalue weighted by Crippen LogP contribution is -2.32. The highest BCUT2D eigenvalue weighted by Crippen LogP contribution is 2.29. The molecule has 0 N–H and O–H groups in total. The number of nitrogens with zero attached hydrogens (tertiary/aromatic N) is 1. The number of carbonyl (C=O) groups is 1. The Hall–Kier alpha value is -0.570. The van der Waals surface area contributed by atoms with E-state index in [9.17, 15) is 4.79 Å². The van der Waals surface area contributed by atoms with Crippen molar-refractivity contribution < 1.29 is 9.53 Å². The zero-order valence-electron chi connectivity index (χ0n) is 10.2. The fourth-order valence-corrected chi connectivity index (χ4v) is 2.03. The molecule has 1 aliphatic heterocycles. The van der Waals surface area contributed by atoms with E-state index in [0.29, 0.717) is 18.6 Å². The largest absolute Gasteiger partial charge is 0.465 e. The number of carbonyl (C=O) groups excluding carboxylic acids is 1. The van der Waals surface area contributed by atoms with Gasteiger partial charge in [-0.05, 0) is 44.7 Å². The van der Waals surface area contributed by atoms with E-state index in [1.54, 1.807) is 0 Å². The third-order valence-corrected chi connectivity index (χ3v) is 3.09. The predicted molar refractivity (Wildman–Crippen MR) is 60.7 cm³/mol. The van der Waals surface area contributed by atoms with Crippen molar-refractivity contribution in [2.24, 2.45) is 5.41 Å². The molecule has 0 saturated carbocycles. The molecule has 15 heavy (non-hydrogen) atoms. The lowest BCUT2D eigenvalue weighted by Gasteiger charge is -2.22. The highest BCUT2D eigenvalue weighted by molar-refractivity contribution is 5.71. The van der Waals surface area contributed by atoms with Crippen LogP contribution in [0.15, 0.2) is 0 Å². The van der Waals surface area contributed by atoms with E-state index in [2.05, 4.69) is 18.7 Å². The summed E-state index contributed by atoms with van der Waals surface area (Å²) in [5, 5.41) is 0. The number of ether oxygens (including phenoxy) is 1. The molecule has 0 aliphatic carbocycles. The molecule has 1 fully saturated rings. The minimum atomic E-state index is -0.0859. The smallest absolute Gasteiger partial charge is 0.320 e. The molecule has 0 amide bonds. The number of likely N-dealkylation sites (tertiary alicyclic amines) is 1. The summed E-state index contributed by atoms with van der Waals surface area (Å²) >= 11 is 0. The second kappa shape index (κ2) is 5.50. The Balaban J connectivity index is 2.34. The fraction of sp³-hybridized carbons (Fsp3) is 0.917. The van der Waals surface area contributed by atoms with Crippen molar-refractivity contribution in [1.82, 2.24) is 4.90 Å². The molecule has 0 spiro atoms. The first-order valence-electron chi connectivity index (χ1n) is 5.91. The van der Waals surface area contributed by atoms with Crippen LogP contribution in [0, 0.1) is 5.41 Å². The van der Waals surface area contributed by atoms with Crippen molar-refractivity contribution in [1.29, 1.82) is 0 Å². The van der Waals surface area contributed by atoms with Crippen molar-refractivity contribution in [3.05, 3.63) is 0 Å². The summed E-state index contributed by atoms with van der Waals surface area (Å²) in [6.07, 6.45) is 3.62. The minimum Gasteiger partial charge on any atom is -0.465 e. The average molecular weight is 213 g/mol.